The van der Waals surface area contributed by atoms with Gasteiger partial charge in [0.15, 0.2) is 8.32 Å². The Morgan fingerprint density at radius 2 is 1.41 bits per heavy atom. The van der Waals surface area contributed by atoms with Crippen LogP contribution < -0.4 is 0 Å². The molecule has 0 bridgehead atoms. The molecule has 0 aromatic carbocycles. The molecule has 0 amide bonds. The van der Waals surface area contributed by atoms with Crippen LogP contribution in [0.2, 0.25) is 18.1 Å². The summed E-state index contributed by atoms with van der Waals surface area (Å²) in [5, 5.41) is 0.293. The van der Waals surface area contributed by atoms with Crippen molar-refractivity contribution in [2.45, 2.75) is 104 Å². The van der Waals surface area contributed by atoms with E-state index in [1.165, 1.54) is 51.4 Å². The van der Waals surface area contributed by atoms with Crippen LogP contribution in [0.5, 0.6) is 0 Å². The van der Waals surface area contributed by atoms with Crippen LogP contribution in [0.25, 0.3) is 0 Å². The summed E-state index contributed by atoms with van der Waals surface area (Å²) in [6.07, 6.45) is 16.5. The van der Waals surface area contributed by atoms with Gasteiger partial charge in [-0.2, -0.15) is 0 Å². The highest BCUT2D eigenvalue weighted by Gasteiger charge is 2.36. The van der Waals surface area contributed by atoms with Gasteiger partial charge in [0.1, 0.15) is 0 Å². The molecule has 0 aromatic heterocycles. The van der Waals surface area contributed by atoms with Crippen molar-refractivity contribution in [3.05, 3.63) is 17.9 Å². The molecular weight excluding hydrogens is 284 g/mol. The standard InChI is InChI=1S/C20H40OSi/c1-7-8-9-10-11-12-13-14-15-16-17-18-19-21-22(5,6)20(2,3)4/h16,18H,7-15,19H2,1-6H3. The van der Waals surface area contributed by atoms with Crippen molar-refractivity contribution in [1.29, 1.82) is 0 Å². The smallest absolute Gasteiger partial charge is 0.192 e. The Bertz CT molecular complexity index is 319. The van der Waals surface area contributed by atoms with E-state index in [-0.39, 0.29) is 0 Å². The van der Waals surface area contributed by atoms with Gasteiger partial charge in [0.05, 0.1) is 6.61 Å². The number of hydrogen-bond acceptors (Lipinski definition) is 1. The molecule has 0 rings (SSSR count). The molecule has 2 heteroatoms. The second-order valence-electron chi connectivity index (χ2n) is 7.91. The van der Waals surface area contributed by atoms with Crippen molar-refractivity contribution >= 4 is 8.32 Å². The Morgan fingerprint density at radius 3 is 1.95 bits per heavy atom. The fourth-order valence-corrected chi connectivity index (χ4v) is 2.99. The van der Waals surface area contributed by atoms with Crippen LogP contribution in [0.3, 0.4) is 0 Å². The van der Waals surface area contributed by atoms with Crippen LogP contribution in [0.15, 0.2) is 17.9 Å². The maximum Gasteiger partial charge on any atom is 0.192 e. The van der Waals surface area contributed by atoms with Crippen LogP contribution in [0.4, 0.5) is 0 Å². The fraction of sp³-hybridized carbons (Fsp3) is 0.850. The second kappa shape index (κ2) is 12.2. The molecule has 0 aliphatic carbocycles. The monoisotopic (exact) mass is 324 g/mol. The highest BCUT2D eigenvalue weighted by atomic mass is 28.4. The van der Waals surface area contributed by atoms with Crippen LogP contribution in [-0.4, -0.2) is 14.9 Å². The Hall–Kier alpha value is -0.303. The van der Waals surface area contributed by atoms with Crippen molar-refractivity contribution < 1.29 is 4.43 Å². The summed E-state index contributed by atoms with van der Waals surface area (Å²) in [6, 6.07) is 0. The molecular formula is C20H40OSi. The summed E-state index contributed by atoms with van der Waals surface area (Å²) in [6.45, 7) is 14.4. The van der Waals surface area contributed by atoms with E-state index in [0.717, 1.165) is 6.42 Å². The third-order valence-corrected chi connectivity index (χ3v) is 9.27. The Morgan fingerprint density at radius 1 is 0.864 bits per heavy atom. The average Bonchev–Trinajstić information content (AvgIpc) is 2.42. The van der Waals surface area contributed by atoms with E-state index < -0.39 is 8.32 Å². The number of unbranched alkanes of at least 4 members (excludes halogenated alkanes) is 8. The molecule has 0 heterocycles. The lowest BCUT2D eigenvalue weighted by atomic mass is 10.1. The Labute approximate surface area is 141 Å². The van der Waals surface area contributed by atoms with Crippen LogP contribution in [-0.2, 0) is 4.43 Å². The summed E-state index contributed by atoms with van der Waals surface area (Å²) < 4.78 is 6.09. The zero-order valence-electron chi connectivity index (χ0n) is 16.1. The molecule has 0 fully saturated rings. The van der Waals surface area contributed by atoms with E-state index in [2.05, 4.69) is 52.6 Å². The van der Waals surface area contributed by atoms with Gasteiger partial charge in [-0.3, -0.25) is 0 Å². The highest BCUT2D eigenvalue weighted by Crippen LogP contribution is 2.36. The zero-order chi connectivity index (χ0) is 16.9. The molecule has 0 unspecified atom stereocenters. The quantitative estimate of drug-likeness (QED) is 0.209. The van der Waals surface area contributed by atoms with Crippen LogP contribution >= 0.6 is 0 Å². The molecule has 22 heavy (non-hydrogen) atoms. The van der Waals surface area contributed by atoms with Gasteiger partial charge in [0.2, 0.25) is 0 Å². The Kier molecular flexibility index (Phi) is 12.0. The summed E-state index contributed by atoms with van der Waals surface area (Å²) in [5.41, 5.74) is 3.28. The molecule has 0 aromatic rings. The van der Waals surface area contributed by atoms with Crippen LogP contribution in [0.1, 0.15) is 85.5 Å². The molecule has 0 saturated heterocycles. The molecule has 1 nitrogen and oxygen atoms in total. The molecule has 0 aliphatic heterocycles. The fourth-order valence-electron chi connectivity index (χ4n) is 2.06. The summed E-state index contributed by atoms with van der Waals surface area (Å²) in [7, 11) is -1.59. The van der Waals surface area contributed by atoms with Crippen molar-refractivity contribution in [3.63, 3.8) is 0 Å². The van der Waals surface area contributed by atoms with Gasteiger partial charge >= 0.3 is 0 Å². The minimum Gasteiger partial charge on any atom is -0.413 e. The zero-order valence-corrected chi connectivity index (χ0v) is 17.1. The number of hydrogen-bond donors (Lipinski definition) is 0. The predicted molar refractivity (Wildman–Crippen MR) is 103 cm³/mol. The molecule has 130 valence electrons. The summed E-state index contributed by atoms with van der Waals surface area (Å²) >= 11 is 0. The minimum absolute atomic E-state index is 0.293. The molecule has 0 spiro atoms. The van der Waals surface area contributed by atoms with E-state index >= 15 is 0 Å². The van der Waals surface area contributed by atoms with Gasteiger partial charge in [0, 0.05) is 0 Å². The predicted octanol–water partition coefficient (Wildman–Crippen LogP) is 7.25. The van der Waals surface area contributed by atoms with Crippen molar-refractivity contribution in [3.8, 4) is 0 Å². The van der Waals surface area contributed by atoms with E-state index in [1.807, 2.05) is 6.08 Å². The topological polar surface area (TPSA) is 9.23 Å². The highest BCUT2D eigenvalue weighted by molar-refractivity contribution is 6.74. The second-order valence-corrected chi connectivity index (χ2v) is 12.7. The van der Waals surface area contributed by atoms with Gasteiger partial charge in [-0.1, -0.05) is 72.6 Å². The minimum atomic E-state index is -1.59. The van der Waals surface area contributed by atoms with Crippen LogP contribution in [0, 0.1) is 0 Å². The lowest BCUT2D eigenvalue weighted by Gasteiger charge is -2.35. The van der Waals surface area contributed by atoms with Gasteiger partial charge in [-0.15, -0.1) is 5.73 Å². The van der Waals surface area contributed by atoms with Gasteiger partial charge in [-0.25, -0.2) is 0 Å². The molecule has 0 N–H and O–H groups in total. The van der Waals surface area contributed by atoms with Gasteiger partial charge < -0.3 is 4.43 Å². The Balaban J connectivity index is 3.58. The van der Waals surface area contributed by atoms with E-state index in [4.69, 9.17) is 4.43 Å². The van der Waals surface area contributed by atoms with E-state index in [9.17, 15) is 0 Å². The average molecular weight is 325 g/mol. The van der Waals surface area contributed by atoms with E-state index in [0.29, 0.717) is 11.6 Å². The van der Waals surface area contributed by atoms with Crippen molar-refractivity contribution in [2.24, 2.45) is 0 Å². The number of rotatable bonds is 12. The van der Waals surface area contributed by atoms with Gasteiger partial charge in [0.25, 0.3) is 0 Å². The largest absolute Gasteiger partial charge is 0.413 e. The first-order chi connectivity index (χ1) is 10.3. The van der Waals surface area contributed by atoms with Gasteiger partial charge in [-0.05, 0) is 43.1 Å². The third kappa shape index (κ3) is 11.3. The maximum atomic E-state index is 6.09. The summed E-state index contributed by atoms with van der Waals surface area (Å²) in [4.78, 5) is 0. The summed E-state index contributed by atoms with van der Waals surface area (Å²) in [5.74, 6) is 0. The van der Waals surface area contributed by atoms with Crippen molar-refractivity contribution in [2.75, 3.05) is 6.61 Å². The van der Waals surface area contributed by atoms with E-state index in [1.54, 1.807) is 0 Å². The lowest BCUT2D eigenvalue weighted by molar-refractivity contribution is 0.328. The third-order valence-electron chi connectivity index (χ3n) is 4.77. The molecule has 0 saturated carbocycles. The molecule has 0 aliphatic rings. The molecule has 0 atom stereocenters. The SMILES string of the molecule is CCCCCCCCCCC=C=CCO[Si](C)(C)C(C)(C)C. The molecule has 0 radical (unpaired) electrons. The first-order valence-electron chi connectivity index (χ1n) is 9.34. The lowest BCUT2D eigenvalue weighted by Crippen LogP contribution is -2.40. The van der Waals surface area contributed by atoms with Crippen molar-refractivity contribution in [1.82, 2.24) is 0 Å². The normalized spacial score (nSPS) is 12.1. The first-order valence-corrected chi connectivity index (χ1v) is 12.3. The first kappa shape index (κ1) is 21.7. The maximum absolute atomic E-state index is 6.09.